The van der Waals surface area contributed by atoms with Crippen molar-refractivity contribution in [3.8, 4) is 0 Å². The first-order valence-electron chi connectivity index (χ1n) is 12.5. The molecule has 3 aliphatic carbocycles. The maximum absolute atomic E-state index is 13.0. The second kappa shape index (κ2) is 9.87. The topological polar surface area (TPSA) is 60.7 Å². The van der Waals surface area contributed by atoms with Gasteiger partial charge in [0, 0.05) is 6.42 Å². The number of aliphatic hydroxyl groups excluding tert-OH is 2. The molecule has 6 heteroatoms. The zero-order valence-electron chi connectivity index (χ0n) is 20.3. The lowest BCUT2D eigenvalue weighted by molar-refractivity contribution is -0.255. The summed E-state index contributed by atoms with van der Waals surface area (Å²) in [6, 6.07) is 0. The highest BCUT2D eigenvalue weighted by Crippen LogP contribution is 2.60. The minimum atomic E-state index is -4.59. The molecule has 3 saturated carbocycles. The fraction of sp³-hybridized carbons (Fsp3) is 0.778. The molecule has 3 rings (SSSR count). The van der Waals surface area contributed by atoms with Gasteiger partial charge in [-0.1, -0.05) is 44.6 Å². The molecule has 0 spiro atoms. The molecule has 0 saturated heterocycles. The number of halogens is 3. The van der Waals surface area contributed by atoms with E-state index in [0.717, 1.165) is 44.6 Å². The average Bonchev–Trinajstić information content (AvgIpc) is 3.06. The van der Waals surface area contributed by atoms with Crippen molar-refractivity contribution in [3.63, 3.8) is 0 Å². The van der Waals surface area contributed by atoms with Crippen molar-refractivity contribution in [1.82, 2.24) is 0 Å². The summed E-state index contributed by atoms with van der Waals surface area (Å²) in [4.78, 5) is 0. The Hall–Kier alpha value is -1.11. The van der Waals surface area contributed by atoms with Crippen LogP contribution in [0.2, 0.25) is 0 Å². The predicted octanol–water partition coefficient (Wildman–Crippen LogP) is 6.25. The summed E-state index contributed by atoms with van der Waals surface area (Å²) in [7, 11) is 0. The van der Waals surface area contributed by atoms with Gasteiger partial charge in [0.1, 0.15) is 0 Å². The summed E-state index contributed by atoms with van der Waals surface area (Å²) in [5, 5.41) is 29.9. The van der Waals surface area contributed by atoms with Crippen molar-refractivity contribution >= 4 is 0 Å². The molecule has 33 heavy (non-hydrogen) atoms. The van der Waals surface area contributed by atoms with Crippen LogP contribution in [0.4, 0.5) is 13.2 Å². The lowest BCUT2D eigenvalue weighted by Crippen LogP contribution is -2.42. The molecule has 0 heterocycles. The maximum Gasteiger partial charge on any atom is 0.416 e. The summed E-state index contributed by atoms with van der Waals surface area (Å²) in [5.41, 5.74) is 0.544. The van der Waals surface area contributed by atoms with Crippen LogP contribution in [0.25, 0.3) is 0 Å². The van der Waals surface area contributed by atoms with Gasteiger partial charge in [0.05, 0.1) is 12.2 Å². The van der Waals surface area contributed by atoms with Crippen molar-refractivity contribution in [3.05, 3.63) is 35.5 Å². The highest BCUT2D eigenvalue weighted by atomic mass is 19.4. The molecule has 0 radical (unpaired) electrons. The van der Waals surface area contributed by atoms with Crippen LogP contribution in [0.5, 0.6) is 0 Å². The van der Waals surface area contributed by atoms with Crippen LogP contribution in [-0.2, 0) is 0 Å². The third-order valence-electron chi connectivity index (χ3n) is 8.92. The summed E-state index contributed by atoms with van der Waals surface area (Å²) in [6.07, 6.45) is 5.49. The molecule has 7 atom stereocenters. The zero-order chi connectivity index (χ0) is 24.6. The van der Waals surface area contributed by atoms with E-state index in [9.17, 15) is 28.5 Å². The molecule has 3 nitrogen and oxygen atoms in total. The fourth-order valence-corrected chi connectivity index (χ4v) is 6.79. The molecular formula is C27H41F3O3. The van der Waals surface area contributed by atoms with E-state index in [0.29, 0.717) is 49.0 Å². The normalized spacial score (nSPS) is 38.4. The van der Waals surface area contributed by atoms with Crippen LogP contribution in [-0.4, -0.2) is 39.3 Å². The van der Waals surface area contributed by atoms with Gasteiger partial charge in [-0.15, -0.1) is 0 Å². The Morgan fingerprint density at radius 3 is 2.58 bits per heavy atom. The molecule has 3 fully saturated rings. The molecule has 0 aromatic carbocycles. The SMILES string of the molecule is C=C1/C(=C\C=C2CCC[C@@]3(C)C2CC[C@@H]3[C@H](C)CCC[C@](C)(O)C(F)(F)F)C[C@@H](O)C[C@H]1O. The van der Waals surface area contributed by atoms with Gasteiger partial charge < -0.3 is 15.3 Å². The van der Waals surface area contributed by atoms with Gasteiger partial charge in [0.2, 0.25) is 0 Å². The van der Waals surface area contributed by atoms with Crippen LogP contribution >= 0.6 is 0 Å². The summed E-state index contributed by atoms with van der Waals surface area (Å²) >= 11 is 0. The smallest absolute Gasteiger partial charge is 0.393 e. The molecule has 1 unspecified atom stereocenters. The van der Waals surface area contributed by atoms with Crippen LogP contribution in [0.1, 0.15) is 85.0 Å². The summed E-state index contributed by atoms with van der Waals surface area (Å²) in [6.45, 7) is 9.39. The molecular weight excluding hydrogens is 429 g/mol. The van der Waals surface area contributed by atoms with Gasteiger partial charge in [0.15, 0.2) is 5.60 Å². The van der Waals surface area contributed by atoms with Crippen molar-refractivity contribution in [2.45, 2.75) is 109 Å². The second-order valence-electron chi connectivity index (χ2n) is 11.3. The minimum absolute atomic E-state index is 0.136. The quantitative estimate of drug-likeness (QED) is 0.430. The Labute approximate surface area is 196 Å². The van der Waals surface area contributed by atoms with Gasteiger partial charge in [-0.05, 0) is 92.6 Å². The Morgan fingerprint density at radius 1 is 1.21 bits per heavy atom. The van der Waals surface area contributed by atoms with E-state index in [4.69, 9.17) is 0 Å². The molecule has 0 bridgehead atoms. The second-order valence-corrected chi connectivity index (χ2v) is 11.3. The van der Waals surface area contributed by atoms with Crippen LogP contribution in [0.3, 0.4) is 0 Å². The Balaban J connectivity index is 1.67. The lowest BCUT2D eigenvalue weighted by atomic mass is 9.60. The first kappa shape index (κ1) is 26.5. The van der Waals surface area contributed by atoms with E-state index in [1.807, 2.05) is 6.08 Å². The highest BCUT2D eigenvalue weighted by Gasteiger charge is 2.51. The minimum Gasteiger partial charge on any atom is -0.393 e. The standard InChI is InChI=1S/C27H41F3O3/c1-17(7-5-14-26(4,33)27(28,29)30)22-11-12-23-19(8-6-13-25(22,23)3)9-10-20-15-21(31)16-24(32)18(20)2/h9-10,17,21-24,31-33H,2,5-8,11-16H2,1,3-4H3/b19-9?,20-10-/t17-,21-,22-,23?,24-,25-,26+/m1/s1. The largest absolute Gasteiger partial charge is 0.416 e. The lowest BCUT2D eigenvalue weighted by Gasteiger charge is -2.44. The fourth-order valence-electron chi connectivity index (χ4n) is 6.79. The molecule has 0 aromatic rings. The van der Waals surface area contributed by atoms with Gasteiger partial charge >= 0.3 is 6.18 Å². The third-order valence-corrected chi connectivity index (χ3v) is 8.92. The highest BCUT2D eigenvalue weighted by molar-refractivity contribution is 5.38. The Morgan fingerprint density at radius 2 is 1.91 bits per heavy atom. The first-order chi connectivity index (χ1) is 15.3. The monoisotopic (exact) mass is 470 g/mol. The van der Waals surface area contributed by atoms with E-state index < -0.39 is 24.0 Å². The van der Waals surface area contributed by atoms with Crippen molar-refractivity contribution in [1.29, 1.82) is 0 Å². The van der Waals surface area contributed by atoms with Crippen molar-refractivity contribution < 1.29 is 28.5 Å². The van der Waals surface area contributed by atoms with E-state index in [1.165, 1.54) is 5.57 Å². The maximum atomic E-state index is 13.0. The van der Waals surface area contributed by atoms with E-state index >= 15 is 0 Å². The molecule has 3 N–H and O–H groups in total. The molecule has 0 aromatic heterocycles. The number of aliphatic hydroxyl groups is 3. The molecule has 3 aliphatic rings. The number of hydrogen-bond acceptors (Lipinski definition) is 3. The Kier molecular flexibility index (Phi) is 7.92. The van der Waals surface area contributed by atoms with Gasteiger partial charge in [0.25, 0.3) is 0 Å². The number of hydrogen-bond donors (Lipinski definition) is 3. The zero-order valence-corrected chi connectivity index (χ0v) is 20.3. The molecule has 188 valence electrons. The van der Waals surface area contributed by atoms with Gasteiger partial charge in [-0.2, -0.15) is 13.2 Å². The number of fused-ring (bicyclic) bond motifs is 1. The Bertz CT molecular complexity index is 782. The van der Waals surface area contributed by atoms with Gasteiger partial charge in [-0.3, -0.25) is 0 Å². The van der Waals surface area contributed by atoms with E-state index in [2.05, 4.69) is 26.5 Å². The molecule has 0 aliphatic heterocycles. The van der Waals surface area contributed by atoms with Crippen LogP contribution in [0, 0.1) is 23.2 Å². The van der Waals surface area contributed by atoms with Crippen molar-refractivity contribution in [2.24, 2.45) is 23.2 Å². The van der Waals surface area contributed by atoms with E-state index in [1.54, 1.807) is 0 Å². The average molecular weight is 471 g/mol. The number of alkyl halides is 3. The van der Waals surface area contributed by atoms with E-state index in [-0.39, 0.29) is 11.8 Å². The van der Waals surface area contributed by atoms with Crippen LogP contribution < -0.4 is 0 Å². The summed E-state index contributed by atoms with van der Waals surface area (Å²) < 4.78 is 38.9. The predicted molar refractivity (Wildman–Crippen MR) is 124 cm³/mol. The first-order valence-corrected chi connectivity index (χ1v) is 12.5. The molecule has 0 amide bonds. The van der Waals surface area contributed by atoms with Gasteiger partial charge in [-0.25, -0.2) is 0 Å². The number of rotatable bonds is 6. The van der Waals surface area contributed by atoms with Crippen molar-refractivity contribution in [2.75, 3.05) is 0 Å². The van der Waals surface area contributed by atoms with Crippen LogP contribution in [0.15, 0.2) is 35.5 Å². The third kappa shape index (κ3) is 5.59. The number of allylic oxidation sites excluding steroid dienone is 3. The summed E-state index contributed by atoms with van der Waals surface area (Å²) in [5.74, 6) is 1.23.